The van der Waals surface area contributed by atoms with Gasteiger partial charge in [-0.25, -0.2) is 13.4 Å². The zero-order valence-corrected chi connectivity index (χ0v) is 13.6. The standard InChI is InChI=1S/C17H16N2O3S/c1-3-12-5-7-13(8-6-12)23(21,22)15-10-18-17-14(16(15)20)9-4-11(2)19-17/h4-10H,3H2,1-2H3,(H,18,19,20). The van der Waals surface area contributed by atoms with Gasteiger partial charge in [-0.3, -0.25) is 4.79 Å². The first kappa shape index (κ1) is 15.4. The summed E-state index contributed by atoms with van der Waals surface area (Å²) in [5, 5.41) is 0.266. The molecule has 0 fully saturated rings. The van der Waals surface area contributed by atoms with Crippen molar-refractivity contribution in [1.29, 1.82) is 0 Å². The highest BCUT2D eigenvalue weighted by Gasteiger charge is 2.22. The number of H-pyrrole nitrogens is 1. The Morgan fingerprint density at radius 1 is 1.09 bits per heavy atom. The number of pyridine rings is 2. The fraction of sp³-hybridized carbons (Fsp3) is 0.176. The third-order valence-electron chi connectivity index (χ3n) is 3.77. The van der Waals surface area contributed by atoms with Crippen molar-refractivity contribution >= 4 is 20.9 Å². The first-order valence-corrected chi connectivity index (χ1v) is 8.75. The summed E-state index contributed by atoms with van der Waals surface area (Å²) in [7, 11) is -3.87. The van der Waals surface area contributed by atoms with E-state index in [9.17, 15) is 13.2 Å². The van der Waals surface area contributed by atoms with Gasteiger partial charge in [-0.15, -0.1) is 0 Å². The van der Waals surface area contributed by atoms with Crippen LogP contribution in [-0.4, -0.2) is 18.4 Å². The number of hydrogen-bond acceptors (Lipinski definition) is 4. The maximum Gasteiger partial charge on any atom is 0.211 e. The minimum atomic E-state index is -3.87. The van der Waals surface area contributed by atoms with Crippen LogP contribution in [0.15, 0.2) is 57.2 Å². The van der Waals surface area contributed by atoms with E-state index >= 15 is 0 Å². The quantitative estimate of drug-likeness (QED) is 0.801. The van der Waals surface area contributed by atoms with Crippen LogP contribution in [-0.2, 0) is 16.3 Å². The summed E-state index contributed by atoms with van der Waals surface area (Å²) in [6.07, 6.45) is 2.04. The van der Waals surface area contributed by atoms with Crippen LogP contribution in [0, 0.1) is 6.92 Å². The van der Waals surface area contributed by atoms with Gasteiger partial charge in [-0.2, -0.15) is 0 Å². The lowest BCUT2D eigenvalue weighted by Crippen LogP contribution is -2.16. The van der Waals surface area contributed by atoms with Crippen molar-refractivity contribution in [3.05, 3.63) is 64.1 Å². The Morgan fingerprint density at radius 2 is 1.78 bits per heavy atom. The molecule has 3 rings (SSSR count). The number of fused-ring (bicyclic) bond motifs is 1. The minimum Gasteiger partial charge on any atom is -0.345 e. The molecular formula is C17H16N2O3S. The second-order valence-corrected chi connectivity index (χ2v) is 7.25. The molecule has 2 aromatic heterocycles. The molecule has 0 amide bonds. The molecule has 0 atom stereocenters. The molecule has 0 aliphatic heterocycles. The monoisotopic (exact) mass is 328 g/mol. The van der Waals surface area contributed by atoms with Crippen LogP contribution in [0.5, 0.6) is 0 Å². The number of rotatable bonds is 3. The molecule has 0 aliphatic carbocycles. The van der Waals surface area contributed by atoms with Crippen LogP contribution >= 0.6 is 0 Å². The lowest BCUT2D eigenvalue weighted by atomic mass is 10.2. The first-order chi connectivity index (χ1) is 10.9. The molecular weight excluding hydrogens is 312 g/mol. The van der Waals surface area contributed by atoms with Crippen LogP contribution in [0.1, 0.15) is 18.2 Å². The summed E-state index contributed by atoms with van der Waals surface area (Å²) in [4.78, 5) is 19.4. The molecule has 0 saturated heterocycles. The number of aromatic nitrogens is 2. The number of aromatic amines is 1. The van der Waals surface area contributed by atoms with E-state index in [0.717, 1.165) is 17.7 Å². The molecule has 3 aromatic rings. The number of benzene rings is 1. The Bertz CT molecular complexity index is 1040. The Balaban J connectivity index is 2.20. The van der Waals surface area contributed by atoms with Crippen LogP contribution in [0.3, 0.4) is 0 Å². The van der Waals surface area contributed by atoms with E-state index in [4.69, 9.17) is 0 Å². The normalized spacial score (nSPS) is 11.7. The Morgan fingerprint density at radius 3 is 2.43 bits per heavy atom. The fourth-order valence-corrected chi connectivity index (χ4v) is 3.73. The van der Waals surface area contributed by atoms with E-state index in [0.29, 0.717) is 5.65 Å². The van der Waals surface area contributed by atoms with E-state index in [1.807, 2.05) is 6.92 Å². The first-order valence-electron chi connectivity index (χ1n) is 7.26. The highest BCUT2D eigenvalue weighted by molar-refractivity contribution is 7.91. The van der Waals surface area contributed by atoms with Crippen molar-refractivity contribution in [2.75, 3.05) is 0 Å². The maximum absolute atomic E-state index is 12.7. The minimum absolute atomic E-state index is 0.111. The largest absolute Gasteiger partial charge is 0.345 e. The van der Waals surface area contributed by atoms with Crippen molar-refractivity contribution in [1.82, 2.24) is 9.97 Å². The zero-order chi connectivity index (χ0) is 16.6. The fourth-order valence-electron chi connectivity index (χ4n) is 2.41. The van der Waals surface area contributed by atoms with Gasteiger partial charge in [0, 0.05) is 11.9 Å². The lowest BCUT2D eigenvalue weighted by Gasteiger charge is -2.06. The second-order valence-electron chi connectivity index (χ2n) is 5.33. The molecule has 0 saturated carbocycles. The average Bonchev–Trinajstić information content (AvgIpc) is 2.54. The van der Waals surface area contributed by atoms with Crippen LogP contribution < -0.4 is 5.43 Å². The number of nitrogens with one attached hydrogen (secondary N) is 1. The van der Waals surface area contributed by atoms with Gasteiger partial charge in [0.15, 0.2) is 0 Å². The zero-order valence-electron chi connectivity index (χ0n) is 12.8. The number of sulfone groups is 1. The van der Waals surface area contributed by atoms with Crippen molar-refractivity contribution in [3.8, 4) is 0 Å². The summed E-state index contributed by atoms with van der Waals surface area (Å²) in [6.45, 7) is 3.80. The topological polar surface area (TPSA) is 79.9 Å². The molecule has 0 bridgehead atoms. The van der Waals surface area contributed by atoms with Crippen molar-refractivity contribution < 1.29 is 8.42 Å². The van der Waals surface area contributed by atoms with Crippen LogP contribution in [0.25, 0.3) is 11.0 Å². The van der Waals surface area contributed by atoms with Gasteiger partial charge in [-0.1, -0.05) is 19.1 Å². The molecule has 1 aromatic carbocycles. The summed E-state index contributed by atoms with van der Waals surface area (Å²) in [6, 6.07) is 9.86. The molecule has 2 heterocycles. The average molecular weight is 328 g/mol. The lowest BCUT2D eigenvalue weighted by molar-refractivity contribution is 0.595. The highest BCUT2D eigenvalue weighted by atomic mass is 32.2. The van der Waals surface area contributed by atoms with Gasteiger partial charge in [0.1, 0.15) is 10.5 Å². The molecule has 5 nitrogen and oxygen atoms in total. The molecule has 0 unspecified atom stereocenters. The molecule has 1 N–H and O–H groups in total. The number of nitrogens with zero attached hydrogens (tertiary/aromatic N) is 1. The van der Waals surface area contributed by atoms with Gasteiger partial charge in [0.25, 0.3) is 0 Å². The number of hydrogen-bond donors (Lipinski definition) is 1. The number of aryl methyl sites for hydroxylation is 2. The van der Waals surface area contributed by atoms with Gasteiger partial charge >= 0.3 is 0 Å². The predicted octanol–water partition coefficient (Wildman–Crippen LogP) is 2.63. The van der Waals surface area contributed by atoms with E-state index in [1.54, 1.807) is 31.2 Å². The van der Waals surface area contributed by atoms with Gasteiger partial charge in [0.2, 0.25) is 15.3 Å². The van der Waals surface area contributed by atoms with E-state index in [1.165, 1.54) is 18.3 Å². The summed E-state index contributed by atoms with van der Waals surface area (Å²) in [5.74, 6) is 0. The van der Waals surface area contributed by atoms with Gasteiger partial charge < -0.3 is 4.98 Å². The smallest absolute Gasteiger partial charge is 0.211 e. The van der Waals surface area contributed by atoms with Crippen molar-refractivity contribution in [2.24, 2.45) is 0 Å². The summed E-state index contributed by atoms with van der Waals surface area (Å²) < 4.78 is 25.4. The Labute approximate surface area is 133 Å². The molecule has 23 heavy (non-hydrogen) atoms. The van der Waals surface area contributed by atoms with E-state index in [-0.39, 0.29) is 15.2 Å². The third kappa shape index (κ3) is 2.66. The SMILES string of the molecule is CCc1ccc(S(=O)(=O)c2c[nH]c3nc(C)ccc3c2=O)cc1. The van der Waals surface area contributed by atoms with E-state index < -0.39 is 15.3 Å². The highest BCUT2D eigenvalue weighted by Crippen LogP contribution is 2.20. The van der Waals surface area contributed by atoms with Crippen LogP contribution in [0.2, 0.25) is 0 Å². The molecule has 0 aliphatic rings. The maximum atomic E-state index is 12.7. The van der Waals surface area contributed by atoms with Gasteiger partial charge in [0.05, 0.1) is 10.3 Å². The van der Waals surface area contributed by atoms with Crippen molar-refractivity contribution in [2.45, 2.75) is 30.1 Å². The Hall–Kier alpha value is -2.47. The molecule has 118 valence electrons. The molecule has 6 heteroatoms. The van der Waals surface area contributed by atoms with Crippen LogP contribution in [0.4, 0.5) is 0 Å². The second kappa shape index (κ2) is 5.62. The molecule has 0 spiro atoms. The van der Waals surface area contributed by atoms with E-state index in [2.05, 4.69) is 9.97 Å². The van der Waals surface area contributed by atoms with Crippen molar-refractivity contribution in [3.63, 3.8) is 0 Å². The summed E-state index contributed by atoms with van der Waals surface area (Å²) in [5.41, 5.74) is 1.64. The molecule has 0 radical (unpaired) electrons. The Kier molecular flexibility index (Phi) is 3.77. The predicted molar refractivity (Wildman–Crippen MR) is 88.4 cm³/mol. The third-order valence-corrected chi connectivity index (χ3v) is 5.55. The summed E-state index contributed by atoms with van der Waals surface area (Å²) >= 11 is 0. The van der Waals surface area contributed by atoms with Gasteiger partial charge in [-0.05, 0) is 43.2 Å².